The van der Waals surface area contributed by atoms with Crippen molar-refractivity contribution in [3.63, 3.8) is 0 Å². The molecule has 11 heavy (non-hydrogen) atoms. The summed E-state index contributed by atoms with van der Waals surface area (Å²) in [7, 11) is 0. The highest BCUT2D eigenvalue weighted by molar-refractivity contribution is 6.57. The molecule has 1 aromatic rings. The molecule has 0 spiro atoms. The van der Waals surface area contributed by atoms with Gasteiger partial charge in [0.1, 0.15) is 10.3 Å². The van der Waals surface area contributed by atoms with E-state index >= 15 is 0 Å². The number of hydrogen-bond acceptors (Lipinski definition) is 0. The maximum Gasteiger partial charge on any atom is 0.123 e. The van der Waals surface area contributed by atoms with Crippen LogP contribution in [-0.4, -0.2) is 0 Å². The van der Waals surface area contributed by atoms with Crippen LogP contribution in [0.4, 0.5) is 4.39 Å². The molecule has 0 heterocycles. The van der Waals surface area contributed by atoms with Crippen LogP contribution in [0.3, 0.4) is 0 Å². The molecule has 0 atom stereocenters. The van der Waals surface area contributed by atoms with Crippen LogP contribution in [-0.2, 0) is 0 Å². The summed E-state index contributed by atoms with van der Waals surface area (Å²) in [6.07, 6.45) is 1.48. The van der Waals surface area contributed by atoms with Crippen LogP contribution in [0.15, 0.2) is 28.8 Å². The van der Waals surface area contributed by atoms with Gasteiger partial charge in [0.25, 0.3) is 0 Å². The summed E-state index contributed by atoms with van der Waals surface area (Å²) < 4.78 is 12.6. The average Bonchev–Trinajstić information content (AvgIpc) is 1.85. The van der Waals surface area contributed by atoms with E-state index in [1.165, 1.54) is 18.2 Å². The second kappa shape index (κ2) is 3.74. The van der Waals surface area contributed by atoms with Gasteiger partial charge in [-0.1, -0.05) is 35.3 Å². The van der Waals surface area contributed by atoms with Crippen molar-refractivity contribution in [1.29, 1.82) is 0 Å². The van der Waals surface area contributed by atoms with Gasteiger partial charge in [0.05, 0.1) is 0 Å². The molecule has 58 valence electrons. The van der Waals surface area contributed by atoms with Gasteiger partial charge in [-0.3, -0.25) is 0 Å². The van der Waals surface area contributed by atoms with E-state index in [4.69, 9.17) is 23.2 Å². The van der Waals surface area contributed by atoms with Crippen molar-refractivity contribution in [3.05, 3.63) is 40.1 Å². The number of halogens is 3. The van der Waals surface area contributed by atoms with Gasteiger partial charge in [-0.25, -0.2) is 4.39 Å². The van der Waals surface area contributed by atoms with Crippen LogP contribution >= 0.6 is 23.2 Å². The fraction of sp³-hybridized carbons (Fsp3) is 0. The zero-order valence-electron chi connectivity index (χ0n) is 5.52. The Morgan fingerprint density at radius 3 is 2.64 bits per heavy atom. The third-order valence-electron chi connectivity index (χ3n) is 1.12. The Hall–Kier alpha value is -0.530. The van der Waals surface area contributed by atoms with Gasteiger partial charge in [0.15, 0.2) is 0 Å². The molecule has 0 radical (unpaired) electrons. The van der Waals surface area contributed by atoms with Crippen molar-refractivity contribution >= 4 is 29.3 Å². The molecular weight excluding hydrogens is 186 g/mol. The number of hydrogen-bond donors (Lipinski definition) is 0. The van der Waals surface area contributed by atoms with E-state index < -0.39 is 0 Å². The first kappa shape index (κ1) is 8.57. The molecule has 0 nitrogen and oxygen atoms in total. The van der Waals surface area contributed by atoms with Crippen molar-refractivity contribution in [2.45, 2.75) is 0 Å². The largest absolute Gasteiger partial charge is 0.207 e. The third kappa shape index (κ3) is 2.91. The summed E-state index contributed by atoms with van der Waals surface area (Å²) in [4.78, 5) is 0. The molecule has 0 bridgehead atoms. The van der Waals surface area contributed by atoms with Crippen LogP contribution in [0.25, 0.3) is 6.08 Å². The van der Waals surface area contributed by atoms with Gasteiger partial charge < -0.3 is 0 Å². The summed E-state index contributed by atoms with van der Waals surface area (Å²) in [5.74, 6) is -0.298. The predicted octanol–water partition coefficient (Wildman–Crippen LogP) is 3.60. The molecule has 1 rings (SSSR count). The molecule has 0 saturated carbocycles. The Morgan fingerprint density at radius 1 is 1.36 bits per heavy atom. The fourth-order valence-corrected chi connectivity index (χ4v) is 0.974. The summed E-state index contributed by atoms with van der Waals surface area (Å²) in [5.41, 5.74) is 0.657. The fourth-order valence-electron chi connectivity index (χ4n) is 0.722. The highest BCUT2D eigenvalue weighted by Gasteiger charge is 1.91. The Kier molecular flexibility index (Phi) is 2.92. The van der Waals surface area contributed by atoms with Crippen LogP contribution in [0.5, 0.6) is 0 Å². The Bertz CT molecular complexity index is 277. The van der Waals surface area contributed by atoms with E-state index in [-0.39, 0.29) is 10.3 Å². The van der Waals surface area contributed by atoms with Gasteiger partial charge in [0.2, 0.25) is 0 Å². The standard InChI is InChI=1S/C8H5Cl2F/c9-8(10)5-6-2-1-3-7(11)4-6/h1-5H. The van der Waals surface area contributed by atoms with Crippen molar-refractivity contribution in [1.82, 2.24) is 0 Å². The highest BCUT2D eigenvalue weighted by Crippen LogP contribution is 2.13. The van der Waals surface area contributed by atoms with Crippen LogP contribution < -0.4 is 0 Å². The smallest absolute Gasteiger partial charge is 0.123 e. The normalized spacial score (nSPS) is 9.36. The van der Waals surface area contributed by atoms with Crippen molar-refractivity contribution in [2.24, 2.45) is 0 Å². The minimum absolute atomic E-state index is 0.121. The Balaban J connectivity index is 2.97. The molecule has 0 aliphatic carbocycles. The maximum atomic E-state index is 12.5. The van der Waals surface area contributed by atoms with Crippen LogP contribution in [0.2, 0.25) is 0 Å². The first-order valence-electron chi connectivity index (χ1n) is 2.97. The molecule has 0 N–H and O–H groups in total. The quantitative estimate of drug-likeness (QED) is 0.636. The van der Waals surface area contributed by atoms with Crippen LogP contribution in [0, 0.1) is 5.82 Å². The lowest BCUT2D eigenvalue weighted by Gasteiger charge is -1.91. The van der Waals surface area contributed by atoms with Gasteiger partial charge in [-0.2, -0.15) is 0 Å². The summed E-state index contributed by atoms with van der Waals surface area (Å²) >= 11 is 10.7. The molecule has 0 unspecified atom stereocenters. The molecule has 0 fully saturated rings. The summed E-state index contributed by atoms with van der Waals surface area (Å²) in [6, 6.07) is 6.02. The van der Waals surface area contributed by atoms with E-state index in [0.717, 1.165) is 0 Å². The van der Waals surface area contributed by atoms with Gasteiger partial charge in [0, 0.05) is 0 Å². The van der Waals surface area contributed by atoms with E-state index in [9.17, 15) is 4.39 Å². The molecule has 0 amide bonds. The van der Waals surface area contributed by atoms with Crippen molar-refractivity contribution in [2.75, 3.05) is 0 Å². The van der Waals surface area contributed by atoms with Crippen molar-refractivity contribution < 1.29 is 4.39 Å². The maximum absolute atomic E-state index is 12.5. The van der Waals surface area contributed by atoms with Crippen LogP contribution in [0.1, 0.15) is 5.56 Å². The van der Waals surface area contributed by atoms with E-state index in [2.05, 4.69) is 0 Å². The molecule has 0 saturated heterocycles. The zero-order chi connectivity index (χ0) is 8.27. The van der Waals surface area contributed by atoms with E-state index in [1.807, 2.05) is 0 Å². The lowest BCUT2D eigenvalue weighted by atomic mass is 10.2. The molecule has 3 heteroatoms. The number of benzene rings is 1. The minimum Gasteiger partial charge on any atom is -0.207 e. The van der Waals surface area contributed by atoms with Gasteiger partial charge >= 0.3 is 0 Å². The van der Waals surface area contributed by atoms with Crippen molar-refractivity contribution in [3.8, 4) is 0 Å². The molecular formula is C8H5Cl2F. The topological polar surface area (TPSA) is 0 Å². The summed E-state index contributed by atoms with van der Waals surface area (Å²) in [6.45, 7) is 0. The molecule has 0 aliphatic heterocycles. The van der Waals surface area contributed by atoms with E-state index in [1.54, 1.807) is 12.1 Å². The molecule has 0 aromatic heterocycles. The second-order valence-corrected chi connectivity index (χ2v) is 3.00. The first-order valence-corrected chi connectivity index (χ1v) is 3.72. The third-order valence-corrected chi connectivity index (χ3v) is 1.34. The summed E-state index contributed by atoms with van der Waals surface area (Å²) in [5, 5.41) is 0. The highest BCUT2D eigenvalue weighted by atomic mass is 35.5. The lowest BCUT2D eigenvalue weighted by Crippen LogP contribution is -1.74. The monoisotopic (exact) mass is 190 g/mol. The predicted molar refractivity (Wildman–Crippen MR) is 46.1 cm³/mol. The van der Waals surface area contributed by atoms with Gasteiger partial charge in [-0.15, -0.1) is 0 Å². The minimum atomic E-state index is -0.298. The Morgan fingerprint density at radius 2 is 2.09 bits per heavy atom. The van der Waals surface area contributed by atoms with E-state index in [0.29, 0.717) is 5.56 Å². The second-order valence-electron chi connectivity index (χ2n) is 1.99. The Labute approximate surface area is 74.2 Å². The molecule has 0 aliphatic rings. The first-order chi connectivity index (χ1) is 5.18. The van der Waals surface area contributed by atoms with Gasteiger partial charge in [-0.05, 0) is 23.8 Å². The molecule has 1 aromatic carbocycles. The number of rotatable bonds is 1. The SMILES string of the molecule is Fc1cccc(C=C(Cl)Cl)c1. The average molecular weight is 191 g/mol. The lowest BCUT2D eigenvalue weighted by molar-refractivity contribution is 0.627. The zero-order valence-corrected chi connectivity index (χ0v) is 7.03.